The molecule has 0 aliphatic carbocycles. The van der Waals surface area contributed by atoms with Crippen LogP contribution < -0.4 is 5.56 Å². The molecule has 0 unspecified atom stereocenters. The molecule has 0 bridgehead atoms. The summed E-state index contributed by atoms with van der Waals surface area (Å²) in [6, 6.07) is 0. The summed E-state index contributed by atoms with van der Waals surface area (Å²) in [7, 11) is 0. The zero-order chi connectivity index (χ0) is 12.4. The summed E-state index contributed by atoms with van der Waals surface area (Å²) in [6.07, 6.45) is 4.19. The van der Waals surface area contributed by atoms with Gasteiger partial charge in [-0.05, 0) is 20.3 Å². The lowest BCUT2D eigenvalue weighted by Gasteiger charge is -2.05. The van der Waals surface area contributed by atoms with Gasteiger partial charge in [0.2, 0.25) is 5.78 Å². The molecule has 0 aliphatic heterocycles. The molecule has 0 spiro atoms. The molecule has 6 heteroatoms. The molecule has 0 atom stereocenters. The van der Waals surface area contributed by atoms with Crippen molar-refractivity contribution in [2.75, 3.05) is 0 Å². The first kappa shape index (κ1) is 11.5. The predicted octanol–water partition coefficient (Wildman–Crippen LogP) is 1.33. The minimum Gasteiger partial charge on any atom is -0.277 e. The Kier molecular flexibility index (Phi) is 3.03. The van der Waals surface area contributed by atoms with E-state index in [2.05, 4.69) is 15.1 Å². The summed E-state index contributed by atoms with van der Waals surface area (Å²) in [5, 5.41) is 4.20. The zero-order valence-corrected chi connectivity index (χ0v) is 10.2. The molecule has 0 amide bonds. The third kappa shape index (κ3) is 1.98. The van der Waals surface area contributed by atoms with Crippen molar-refractivity contribution in [2.45, 2.75) is 33.7 Å². The summed E-state index contributed by atoms with van der Waals surface area (Å²) < 4.78 is 3.24. The second-order valence-electron chi connectivity index (χ2n) is 3.81. The molecule has 0 saturated heterocycles. The number of aliphatic imine (C=N–C) groups is 1. The number of hydrogen-bond acceptors (Lipinski definition) is 4. The molecule has 0 saturated carbocycles. The molecule has 0 aliphatic rings. The van der Waals surface area contributed by atoms with E-state index in [1.807, 2.05) is 6.92 Å². The lowest BCUT2D eigenvalue weighted by Crippen LogP contribution is -2.24. The first-order chi connectivity index (χ1) is 8.17. The number of fused-ring (bicyclic) bond motifs is 1. The van der Waals surface area contributed by atoms with Gasteiger partial charge in [0.25, 0.3) is 11.5 Å². The quantitative estimate of drug-likeness (QED) is 0.751. The maximum Gasteiger partial charge on any atom is 0.270 e. The lowest BCUT2D eigenvalue weighted by atomic mass is 10.3. The molecule has 0 fully saturated rings. The van der Waals surface area contributed by atoms with Crippen molar-refractivity contribution in [3.05, 3.63) is 22.1 Å². The molecule has 6 nitrogen and oxygen atoms in total. The van der Waals surface area contributed by atoms with Gasteiger partial charge in [0.1, 0.15) is 0 Å². The number of aryl methyl sites for hydroxylation is 2. The molecular weight excluding hydrogens is 218 g/mol. The van der Waals surface area contributed by atoms with E-state index in [0.29, 0.717) is 23.8 Å². The maximum atomic E-state index is 12.0. The minimum atomic E-state index is -0.0150. The van der Waals surface area contributed by atoms with Crippen molar-refractivity contribution in [3.63, 3.8) is 0 Å². The fraction of sp³-hybridized carbons (Fsp3) is 0.455. The van der Waals surface area contributed by atoms with Gasteiger partial charge in [0, 0.05) is 24.5 Å². The summed E-state index contributed by atoms with van der Waals surface area (Å²) in [5.74, 6) is 0.922. The smallest absolute Gasteiger partial charge is 0.270 e. The van der Waals surface area contributed by atoms with Crippen LogP contribution in [0, 0.1) is 6.92 Å². The van der Waals surface area contributed by atoms with Crippen LogP contribution in [0.5, 0.6) is 0 Å². The highest BCUT2D eigenvalue weighted by atomic mass is 16.1. The van der Waals surface area contributed by atoms with E-state index in [0.717, 1.165) is 6.42 Å². The SMILES string of the molecule is CC=Nc1nc2n(CCC)c(=O)c(C)cn2n1. The van der Waals surface area contributed by atoms with Crippen molar-refractivity contribution in [2.24, 2.45) is 4.99 Å². The van der Waals surface area contributed by atoms with Gasteiger partial charge in [-0.25, -0.2) is 9.51 Å². The van der Waals surface area contributed by atoms with E-state index in [1.165, 1.54) is 0 Å². The fourth-order valence-electron chi connectivity index (χ4n) is 1.71. The van der Waals surface area contributed by atoms with Crippen LogP contribution in [0.3, 0.4) is 0 Å². The Morgan fingerprint density at radius 2 is 2.29 bits per heavy atom. The van der Waals surface area contributed by atoms with Crippen molar-refractivity contribution in [3.8, 4) is 0 Å². The van der Waals surface area contributed by atoms with E-state index in [9.17, 15) is 4.79 Å². The predicted molar refractivity (Wildman–Crippen MR) is 66.1 cm³/mol. The largest absolute Gasteiger partial charge is 0.277 e. The van der Waals surface area contributed by atoms with Gasteiger partial charge in [-0.1, -0.05) is 6.92 Å². The second kappa shape index (κ2) is 4.48. The third-order valence-electron chi connectivity index (χ3n) is 2.43. The molecule has 2 aromatic heterocycles. The van der Waals surface area contributed by atoms with Crippen LogP contribution >= 0.6 is 0 Å². The van der Waals surface area contributed by atoms with Crippen molar-refractivity contribution >= 4 is 17.9 Å². The van der Waals surface area contributed by atoms with Crippen molar-refractivity contribution < 1.29 is 0 Å². The molecule has 17 heavy (non-hydrogen) atoms. The van der Waals surface area contributed by atoms with E-state index in [4.69, 9.17) is 0 Å². The van der Waals surface area contributed by atoms with Gasteiger partial charge in [0.15, 0.2) is 0 Å². The van der Waals surface area contributed by atoms with Crippen LogP contribution in [0.1, 0.15) is 25.8 Å². The first-order valence-electron chi connectivity index (χ1n) is 5.63. The maximum absolute atomic E-state index is 12.0. The highest BCUT2D eigenvalue weighted by Gasteiger charge is 2.10. The Morgan fingerprint density at radius 3 is 2.94 bits per heavy atom. The van der Waals surface area contributed by atoms with Crippen LogP contribution in [0.25, 0.3) is 5.78 Å². The van der Waals surface area contributed by atoms with Gasteiger partial charge >= 0.3 is 0 Å². The molecular formula is C11H15N5O. The Hall–Kier alpha value is -1.98. The molecule has 0 N–H and O–H groups in total. The van der Waals surface area contributed by atoms with Crippen molar-refractivity contribution in [1.82, 2.24) is 19.2 Å². The zero-order valence-electron chi connectivity index (χ0n) is 10.2. The topological polar surface area (TPSA) is 64.5 Å². The number of rotatable bonds is 3. The summed E-state index contributed by atoms with van der Waals surface area (Å²) in [6.45, 7) is 6.24. The Bertz CT molecular complexity index is 623. The molecule has 2 rings (SSSR count). The van der Waals surface area contributed by atoms with E-state index < -0.39 is 0 Å². The Morgan fingerprint density at radius 1 is 1.53 bits per heavy atom. The Labute approximate surface area is 98.6 Å². The number of aromatic nitrogens is 4. The summed E-state index contributed by atoms with van der Waals surface area (Å²) in [5.41, 5.74) is 0.640. The molecule has 2 aromatic rings. The first-order valence-corrected chi connectivity index (χ1v) is 5.63. The van der Waals surface area contributed by atoms with Crippen LogP contribution in [0.2, 0.25) is 0 Å². The van der Waals surface area contributed by atoms with Crippen LogP contribution in [0.4, 0.5) is 5.95 Å². The minimum absolute atomic E-state index is 0.0150. The molecule has 0 aromatic carbocycles. The van der Waals surface area contributed by atoms with Crippen LogP contribution in [-0.4, -0.2) is 25.4 Å². The van der Waals surface area contributed by atoms with Crippen LogP contribution in [-0.2, 0) is 6.54 Å². The lowest BCUT2D eigenvalue weighted by molar-refractivity contribution is 0.646. The Balaban J connectivity index is 2.74. The summed E-state index contributed by atoms with van der Waals surface area (Å²) in [4.78, 5) is 20.2. The molecule has 2 heterocycles. The average molecular weight is 233 g/mol. The third-order valence-corrected chi connectivity index (χ3v) is 2.43. The van der Waals surface area contributed by atoms with Gasteiger partial charge in [-0.15, -0.1) is 5.10 Å². The van der Waals surface area contributed by atoms with Gasteiger partial charge in [-0.3, -0.25) is 9.36 Å². The normalized spacial score (nSPS) is 11.7. The fourth-order valence-corrected chi connectivity index (χ4v) is 1.71. The van der Waals surface area contributed by atoms with Gasteiger partial charge in [0.05, 0.1) is 0 Å². The number of hydrogen-bond donors (Lipinski definition) is 0. The standard InChI is InChI=1S/C11H15N5O/c1-4-6-15-9(17)8(3)7-16-11(15)13-10(14-16)12-5-2/h5,7H,4,6H2,1-3H3. The van der Waals surface area contributed by atoms with Crippen molar-refractivity contribution in [1.29, 1.82) is 0 Å². The highest BCUT2D eigenvalue weighted by Crippen LogP contribution is 2.07. The molecule has 90 valence electrons. The second-order valence-corrected chi connectivity index (χ2v) is 3.81. The monoisotopic (exact) mass is 233 g/mol. The van der Waals surface area contributed by atoms with E-state index in [1.54, 1.807) is 35.3 Å². The average Bonchev–Trinajstić information content (AvgIpc) is 2.67. The van der Waals surface area contributed by atoms with Gasteiger partial charge in [-0.2, -0.15) is 4.98 Å². The van der Waals surface area contributed by atoms with Gasteiger partial charge < -0.3 is 0 Å². The van der Waals surface area contributed by atoms with E-state index >= 15 is 0 Å². The highest BCUT2D eigenvalue weighted by molar-refractivity contribution is 5.57. The van der Waals surface area contributed by atoms with Crippen LogP contribution in [0.15, 0.2) is 16.0 Å². The number of nitrogens with zero attached hydrogens (tertiary/aromatic N) is 5. The van der Waals surface area contributed by atoms with E-state index in [-0.39, 0.29) is 5.56 Å². The summed E-state index contributed by atoms with van der Waals surface area (Å²) >= 11 is 0. The molecule has 0 radical (unpaired) electrons.